The van der Waals surface area contributed by atoms with E-state index in [1.807, 2.05) is 0 Å². The number of hydrogen-bond donors (Lipinski definition) is 1. The van der Waals surface area contributed by atoms with Gasteiger partial charge in [0.2, 0.25) is 0 Å². The maximum atomic E-state index is 13.0. The number of rotatable bonds is 3. The Kier molecular flexibility index (Phi) is 3.30. The molecule has 0 aliphatic rings. The molecule has 0 amide bonds. The van der Waals surface area contributed by atoms with Crippen molar-refractivity contribution in [2.24, 2.45) is 5.73 Å². The largest absolute Gasteiger partial charge is 0.326 e. The molecule has 5 heteroatoms. The van der Waals surface area contributed by atoms with Crippen LogP contribution in [-0.2, 0) is 13.1 Å². The van der Waals surface area contributed by atoms with Crippen LogP contribution in [0.5, 0.6) is 0 Å². The Labute approximate surface area is 97.5 Å². The summed E-state index contributed by atoms with van der Waals surface area (Å²) in [5.74, 6) is -0.331. The third kappa shape index (κ3) is 2.57. The van der Waals surface area contributed by atoms with Crippen LogP contribution in [0, 0.1) is 5.82 Å². The summed E-state index contributed by atoms with van der Waals surface area (Å²) in [6.07, 6.45) is 1.53. The summed E-state index contributed by atoms with van der Waals surface area (Å²) < 4.78 is 14.3. The highest BCUT2D eigenvalue weighted by Crippen LogP contribution is 2.11. The fraction of sp³-hybridized carbons (Fsp3) is 0.167. The second-order valence-electron chi connectivity index (χ2n) is 3.64. The normalized spacial score (nSPS) is 10.5. The Bertz CT molecular complexity index is 580. The third-order valence-corrected chi connectivity index (χ3v) is 2.49. The van der Waals surface area contributed by atoms with E-state index in [-0.39, 0.29) is 17.9 Å². The molecule has 0 saturated carbocycles. The first kappa shape index (κ1) is 11.5. The molecule has 1 aromatic carbocycles. The highest BCUT2D eigenvalue weighted by Gasteiger charge is 2.05. The van der Waals surface area contributed by atoms with E-state index in [1.165, 1.54) is 29.1 Å². The molecule has 2 aromatic rings. The molecule has 2 N–H and O–H groups in total. The second-order valence-corrected chi connectivity index (χ2v) is 3.64. The molecule has 1 aromatic heterocycles. The Morgan fingerprint density at radius 2 is 2.12 bits per heavy atom. The van der Waals surface area contributed by atoms with Crippen LogP contribution in [0.2, 0.25) is 0 Å². The van der Waals surface area contributed by atoms with Crippen molar-refractivity contribution in [1.29, 1.82) is 0 Å². The van der Waals surface area contributed by atoms with Crippen LogP contribution in [0.3, 0.4) is 0 Å². The molecule has 1 heterocycles. The molecule has 0 spiro atoms. The van der Waals surface area contributed by atoms with Gasteiger partial charge in [-0.05, 0) is 29.3 Å². The van der Waals surface area contributed by atoms with Gasteiger partial charge in [0.25, 0.3) is 5.56 Å². The van der Waals surface area contributed by atoms with E-state index in [9.17, 15) is 9.18 Å². The minimum Gasteiger partial charge on any atom is -0.326 e. The fourth-order valence-electron chi connectivity index (χ4n) is 1.61. The van der Waals surface area contributed by atoms with Gasteiger partial charge >= 0.3 is 0 Å². The minimum absolute atomic E-state index is 0.195. The summed E-state index contributed by atoms with van der Waals surface area (Å²) in [6, 6.07) is 7.36. The van der Waals surface area contributed by atoms with Crippen molar-refractivity contribution in [2.45, 2.75) is 13.1 Å². The number of aromatic nitrogens is 2. The molecule has 0 unspecified atom stereocenters. The van der Waals surface area contributed by atoms with Crippen LogP contribution in [0.4, 0.5) is 4.39 Å². The summed E-state index contributed by atoms with van der Waals surface area (Å²) in [5.41, 5.74) is 6.83. The van der Waals surface area contributed by atoms with Gasteiger partial charge < -0.3 is 5.73 Å². The number of nitrogens with two attached hydrogens (primary N) is 1. The lowest BCUT2D eigenvalue weighted by molar-refractivity contribution is 0.613. The van der Waals surface area contributed by atoms with E-state index in [0.717, 1.165) is 5.56 Å². The quantitative estimate of drug-likeness (QED) is 0.856. The van der Waals surface area contributed by atoms with Gasteiger partial charge in [0.1, 0.15) is 5.82 Å². The molecule has 0 atom stereocenters. The summed E-state index contributed by atoms with van der Waals surface area (Å²) in [7, 11) is 0. The van der Waals surface area contributed by atoms with E-state index < -0.39 is 0 Å². The molecule has 88 valence electrons. The summed E-state index contributed by atoms with van der Waals surface area (Å²) in [6.45, 7) is 0.529. The lowest BCUT2D eigenvalue weighted by atomic mass is 10.1. The monoisotopic (exact) mass is 233 g/mol. The highest BCUT2D eigenvalue weighted by molar-refractivity contribution is 5.27. The number of benzene rings is 1. The minimum atomic E-state index is -0.331. The molecule has 4 nitrogen and oxygen atoms in total. The van der Waals surface area contributed by atoms with Crippen molar-refractivity contribution in [3.05, 3.63) is 63.8 Å². The maximum absolute atomic E-state index is 13.0. The fourth-order valence-corrected chi connectivity index (χ4v) is 1.61. The van der Waals surface area contributed by atoms with E-state index in [1.54, 1.807) is 12.1 Å². The average Bonchev–Trinajstić information content (AvgIpc) is 2.34. The summed E-state index contributed by atoms with van der Waals surface area (Å²) >= 11 is 0. The van der Waals surface area contributed by atoms with Crippen LogP contribution in [0.15, 0.2) is 41.3 Å². The van der Waals surface area contributed by atoms with Crippen molar-refractivity contribution in [2.75, 3.05) is 0 Å². The Balaban J connectivity index is 2.36. The van der Waals surface area contributed by atoms with Gasteiger partial charge in [-0.2, -0.15) is 5.10 Å². The zero-order valence-electron chi connectivity index (χ0n) is 9.14. The predicted molar refractivity (Wildman–Crippen MR) is 61.9 cm³/mol. The van der Waals surface area contributed by atoms with Crippen LogP contribution < -0.4 is 11.3 Å². The zero-order valence-corrected chi connectivity index (χ0v) is 9.14. The van der Waals surface area contributed by atoms with Gasteiger partial charge in [0, 0.05) is 18.8 Å². The van der Waals surface area contributed by atoms with Crippen LogP contribution in [0.25, 0.3) is 0 Å². The molecule has 0 aliphatic carbocycles. The molecule has 0 aliphatic heterocycles. The first-order chi connectivity index (χ1) is 8.20. The van der Waals surface area contributed by atoms with Crippen LogP contribution in [-0.4, -0.2) is 9.78 Å². The molecule has 0 fully saturated rings. The van der Waals surface area contributed by atoms with E-state index in [4.69, 9.17) is 5.73 Å². The topological polar surface area (TPSA) is 60.9 Å². The van der Waals surface area contributed by atoms with E-state index in [0.29, 0.717) is 12.1 Å². The van der Waals surface area contributed by atoms with Crippen molar-refractivity contribution >= 4 is 0 Å². The predicted octanol–water partition coefficient (Wildman–Crippen LogP) is 0.889. The molecular formula is C12H12FN3O. The standard InChI is InChI=1S/C12H12FN3O/c13-11-4-3-9(10(6-11)7-14)8-16-12(17)2-1-5-15-16/h1-6H,7-8,14H2. The highest BCUT2D eigenvalue weighted by atomic mass is 19.1. The van der Waals surface area contributed by atoms with Gasteiger partial charge in [-0.25, -0.2) is 9.07 Å². The Morgan fingerprint density at radius 3 is 2.82 bits per heavy atom. The maximum Gasteiger partial charge on any atom is 0.267 e. The number of halogens is 1. The molecular weight excluding hydrogens is 221 g/mol. The van der Waals surface area contributed by atoms with Crippen LogP contribution >= 0.6 is 0 Å². The summed E-state index contributed by atoms with van der Waals surface area (Å²) in [4.78, 5) is 11.5. The number of nitrogens with zero attached hydrogens (tertiary/aromatic N) is 2. The Morgan fingerprint density at radius 1 is 1.29 bits per heavy atom. The first-order valence-electron chi connectivity index (χ1n) is 5.20. The second kappa shape index (κ2) is 4.88. The van der Waals surface area contributed by atoms with Crippen molar-refractivity contribution in [3.63, 3.8) is 0 Å². The molecule has 0 bridgehead atoms. The van der Waals surface area contributed by atoms with E-state index in [2.05, 4.69) is 5.10 Å². The number of hydrogen-bond acceptors (Lipinski definition) is 3. The van der Waals surface area contributed by atoms with Gasteiger partial charge in [0.15, 0.2) is 0 Å². The molecule has 0 radical (unpaired) electrons. The van der Waals surface area contributed by atoms with Crippen molar-refractivity contribution in [1.82, 2.24) is 9.78 Å². The molecule has 2 rings (SSSR count). The van der Waals surface area contributed by atoms with Gasteiger partial charge in [0.05, 0.1) is 6.54 Å². The SMILES string of the molecule is NCc1cc(F)ccc1Cn1ncccc1=O. The average molecular weight is 233 g/mol. The van der Waals surface area contributed by atoms with Crippen LogP contribution in [0.1, 0.15) is 11.1 Å². The smallest absolute Gasteiger partial charge is 0.267 e. The van der Waals surface area contributed by atoms with Crippen molar-refractivity contribution < 1.29 is 4.39 Å². The van der Waals surface area contributed by atoms with Gasteiger partial charge in [-0.3, -0.25) is 4.79 Å². The lowest BCUT2D eigenvalue weighted by Gasteiger charge is -2.08. The Hall–Kier alpha value is -2.01. The van der Waals surface area contributed by atoms with Crippen molar-refractivity contribution in [3.8, 4) is 0 Å². The van der Waals surface area contributed by atoms with Gasteiger partial charge in [-0.15, -0.1) is 0 Å². The summed E-state index contributed by atoms with van der Waals surface area (Å²) in [5, 5.41) is 3.94. The first-order valence-corrected chi connectivity index (χ1v) is 5.20. The van der Waals surface area contributed by atoms with E-state index >= 15 is 0 Å². The lowest BCUT2D eigenvalue weighted by Crippen LogP contribution is -2.22. The van der Waals surface area contributed by atoms with Gasteiger partial charge in [-0.1, -0.05) is 6.07 Å². The zero-order chi connectivity index (χ0) is 12.3. The molecule has 0 saturated heterocycles. The third-order valence-electron chi connectivity index (χ3n) is 2.49. The molecule has 17 heavy (non-hydrogen) atoms.